The van der Waals surface area contributed by atoms with E-state index in [1.54, 1.807) is 42.2 Å². The Balaban J connectivity index is 1.87. The summed E-state index contributed by atoms with van der Waals surface area (Å²) in [6.07, 6.45) is 0.354. The van der Waals surface area contributed by atoms with Crippen molar-refractivity contribution in [3.8, 4) is 5.75 Å². The van der Waals surface area contributed by atoms with Crippen molar-refractivity contribution in [2.75, 3.05) is 16.8 Å². The lowest BCUT2D eigenvalue weighted by Crippen LogP contribution is -2.44. The number of carbonyl (C=O) groups excluding carboxylic acids is 2. The first-order valence-corrected chi connectivity index (χ1v) is 8.08. The lowest BCUT2D eigenvalue weighted by atomic mass is 10.1. The minimum absolute atomic E-state index is 0.0594. The molecule has 5 nitrogen and oxygen atoms in total. The van der Waals surface area contributed by atoms with Gasteiger partial charge in [-0.25, -0.2) is 0 Å². The van der Waals surface area contributed by atoms with Crippen LogP contribution in [0.5, 0.6) is 5.75 Å². The molecule has 3 rings (SSSR count). The van der Waals surface area contributed by atoms with Gasteiger partial charge in [-0.15, -0.1) is 0 Å². The van der Waals surface area contributed by atoms with Gasteiger partial charge in [0.25, 0.3) is 11.8 Å². The van der Waals surface area contributed by atoms with Crippen LogP contribution < -0.4 is 15.0 Å². The van der Waals surface area contributed by atoms with E-state index in [4.69, 9.17) is 4.74 Å². The van der Waals surface area contributed by atoms with E-state index >= 15 is 0 Å². The molecule has 1 N–H and O–H groups in total. The molecule has 0 fully saturated rings. The van der Waals surface area contributed by atoms with Crippen molar-refractivity contribution in [1.29, 1.82) is 0 Å². The van der Waals surface area contributed by atoms with Gasteiger partial charge < -0.3 is 15.0 Å². The van der Waals surface area contributed by atoms with Crippen LogP contribution in [0.15, 0.2) is 48.5 Å². The van der Waals surface area contributed by atoms with Crippen LogP contribution in [0.25, 0.3) is 0 Å². The molecule has 0 bridgehead atoms. The number of benzene rings is 2. The lowest BCUT2D eigenvalue weighted by Gasteiger charge is -2.33. The molecule has 1 unspecified atom stereocenters. The first-order chi connectivity index (χ1) is 11.6. The minimum atomic E-state index is -0.492. The zero-order valence-corrected chi connectivity index (χ0v) is 13.8. The van der Waals surface area contributed by atoms with E-state index in [-0.39, 0.29) is 11.8 Å². The number of nitrogens with one attached hydrogen (secondary N) is 1. The third-order valence-electron chi connectivity index (χ3n) is 3.91. The van der Waals surface area contributed by atoms with Crippen LogP contribution in [0.1, 0.15) is 30.6 Å². The predicted octanol–water partition coefficient (Wildman–Crippen LogP) is 3.46. The number of hydrogen-bond acceptors (Lipinski definition) is 3. The summed E-state index contributed by atoms with van der Waals surface area (Å²) >= 11 is 0. The Bertz CT molecular complexity index is 758. The van der Waals surface area contributed by atoms with Crippen molar-refractivity contribution in [1.82, 2.24) is 0 Å². The summed E-state index contributed by atoms with van der Waals surface area (Å²) in [6.45, 7) is 4.39. The number of carbonyl (C=O) groups is 2. The summed E-state index contributed by atoms with van der Waals surface area (Å²) in [6, 6.07) is 14.4. The molecule has 1 atom stereocenters. The molecule has 24 heavy (non-hydrogen) atoms. The van der Waals surface area contributed by atoms with E-state index in [2.05, 4.69) is 5.32 Å². The van der Waals surface area contributed by atoms with Gasteiger partial charge in [0.2, 0.25) is 0 Å². The molecule has 1 aliphatic rings. The predicted molar refractivity (Wildman–Crippen MR) is 93.6 cm³/mol. The van der Waals surface area contributed by atoms with Gasteiger partial charge in [-0.3, -0.25) is 9.59 Å². The molecular weight excluding hydrogens is 304 g/mol. The van der Waals surface area contributed by atoms with Gasteiger partial charge in [-0.2, -0.15) is 0 Å². The molecule has 0 radical (unpaired) electrons. The molecule has 124 valence electrons. The van der Waals surface area contributed by atoms with Crippen molar-refractivity contribution in [3.63, 3.8) is 0 Å². The molecule has 2 aromatic carbocycles. The SMILES string of the molecule is CCCN1C(=O)C(C)Oc2ccc(NC(=O)c3ccccc3)cc21. The van der Waals surface area contributed by atoms with E-state index in [9.17, 15) is 9.59 Å². The maximum absolute atomic E-state index is 12.3. The highest BCUT2D eigenvalue weighted by atomic mass is 16.5. The van der Waals surface area contributed by atoms with Crippen LogP contribution in [-0.4, -0.2) is 24.5 Å². The largest absolute Gasteiger partial charge is 0.479 e. The number of anilines is 2. The van der Waals surface area contributed by atoms with Gasteiger partial charge in [-0.1, -0.05) is 25.1 Å². The summed E-state index contributed by atoms with van der Waals surface area (Å²) in [5, 5.41) is 2.86. The van der Waals surface area contributed by atoms with Crippen LogP contribution in [0.3, 0.4) is 0 Å². The molecule has 0 saturated heterocycles. The molecule has 2 amide bonds. The standard InChI is InChI=1S/C19H20N2O3/c1-3-11-21-16-12-15(9-10-17(16)24-13(2)19(21)23)20-18(22)14-7-5-4-6-8-14/h4-10,12-13H,3,11H2,1-2H3,(H,20,22). The minimum Gasteiger partial charge on any atom is -0.479 e. The molecule has 1 aliphatic heterocycles. The Morgan fingerprint density at radius 3 is 2.67 bits per heavy atom. The summed E-state index contributed by atoms with van der Waals surface area (Å²) < 4.78 is 5.66. The number of amides is 2. The second kappa shape index (κ2) is 6.74. The maximum Gasteiger partial charge on any atom is 0.267 e. The summed E-state index contributed by atoms with van der Waals surface area (Å²) in [5.74, 6) is 0.415. The lowest BCUT2D eigenvalue weighted by molar-refractivity contribution is -0.125. The monoisotopic (exact) mass is 324 g/mol. The van der Waals surface area contributed by atoms with Crippen LogP contribution in [0.2, 0.25) is 0 Å². The van der Waals surface area contributed by atoms with Crippen molar-refractivity contribution >= 4 is 23.2 Å². The van der Waals surface area contributed by atoms with Crippen molar-refractivity contribution in [2.45, 2.75) is 26.4 Å². The Kier molecular flexibility index (Phi) is 4.51. The third-order valence-corrected chi connectivity index (χ3v) is 3.91. The van der Waals surface area contributed by atoms with Crippen LogP contribution in [0.4, 0.5) is 11.4 Å². The van der Waals surface area contributed by atoms with Crippen LogP contribution in [-0.2, 0) is 4.79 Å². The smallest absolute Gasteiger partial charge is 0.267 e. The summed E-state index contributed by atoms with van der Waals surface area (Å²) in [5.41, 5.74) is 1.92. The zero-order valence-electron chi connectivity index (χ0n) is 13.8. The summed E-state index contributed by atoms with van der Waals surface area (Å²) in [7, 11) is 0. The second-order valence-corrected chi connectivity index (χ2v) is 5.75. The number of nitrogens with zero attached hydrogens (tertiary/aromatic N) is 1. The van der Waals surface area contributed by atoms with Crippen molar-refractivity contribution in [3.05, 3.63) is 54.1 Å². The fourth-order valence-electron chi connectivity index (χ4n) is 2.73. The van der Waals surface area contributed by atoms with Gasteiger partial charge in [0.05, 0.1) is 5.69 Å². The van der Waals surface area contributed by atoms with E-state index in [1.807, 2.05) is 25.1 Å². The topological polar surface area (TPSA) is 58.6 Å². The molecule has 0 aromatic heterocycles. The van der Waals surface area contributed by atoms with Gasteiger partial charge in [0.15, 0.2) is 6.10 Å². The normalized spacial score (nSPS) is 16.3. The average molecular weight is 324 g/mol. The highest BCUT2D eigenvalue weighted by molar-refractivity contribution is 6.05. The third kappa shape index (κ3) is 3.11. The molecule has 1 heterocycles. The van der Waals surface area contributed by atoms with Gasteiger partial charge in [0, 0.05) is 17.8 Å². The van der Waals surface area contributed by atoms with Crippen LogP contribution in [0, 0.1) is 0 Å². The highest BCUT2D eigenvalue weighted by Crippen LogP contribution is 2.36. The molecule has 0 saturated carbocycles. The zero-order chi connectivity index (χ0) is 17.1. The first kappa shape index (κ1) is 16.1. The number of fused-ring (bicyclic) bond motifs is 1. The molecule has 0 spiro atoms. The molecule has 0 aliphatic carbocycles. The van der Waals surface area contributed by atoms with E-state index in [1.165, 1.54) is 0 Å². The van der Waals surface area contributed by atoms with E-state index in [0.717, 1.165) is 6.42 Å². The molecular formula is C19H20N2O3. The fourth-order valence-corrected chi connectivity index (χ4v) is 2.73. The van der Waals surface area contributed by atoms with E-state index < -0.39 is 6.10 Å². The maximum atomic E-state index is 12.3. The second-order valence-electron chi connectivity index (χ2n) is 5.75. The fraction of sp³-hybridized carbons (Fsp3) is 0.263. The average Bonchev–Trinajstić information content (AvgIpc) is 2.60. The van der Waals surface area contributed by atoms with Gasteiger partial charge in [0.1, 0.15) is 5.75 Å². The molecule has 5 heteroatoms. The van der Waals surface area contributed by atoms with E-state index in [0.29, 0.717) is 29.2 Å². The Labute approximate surface area is 141 Å². The quantitative estimate of drug-likeness (QED) is 0.937. The Morgan fingerprint density at radius 1 is 1.21 bits per heavy atom. The van der Waals surface area contributed by atoms with Gasteiger partial charge in [-0.05, 0) is 43.7 Å². The Hall–Kier alpha value is -2.82. The van der Waals surface area contributed by atoms with Gasteiger partial charge >= 0.3 is 0 Å². The van der Waals surface area contributed by atoms with Crippen molar-refractivity contribution < 1.29 is 14.3 Å². The first-order valence-electron chi connectivity index (χ1n) is 8.08. The van der Waals surface area contributed by atoms with Crippen molar-refractivity contribution in [2.24, 2.45) is 0 Å². The number of ether oxygens (including phenoxy) is 1. The number of hydrogen-bond donors (Lipinski definition) is 1. The number of rotatable bonds is 4. The highest BCUT2D eigenvalue weighted by Gasteiger charge is 2.31. The molecule has 2 aromatic rings. The summed E-state index contributed by atoms with van der Waals surface area (Å²) in [4.78, 5) is 26.4. The Morgan fingerprint density at radius 2 is 1.96 bits per heavy atom. The van der Waals surface area contributed by atoms with Crippen LogP contribution >= 0.6 is 0 Å².